The van der Waals surface area contributed by atoms with Crippen molar-refractivity contribution in [2.45, 2.75) is 0 Å². The van der Waals surface area contributed by atoms with Gasteiger partial charge < -0.3 is 30.5 Å². The van der Waals surface area contributed by atoms with Crippen LogP contribution in [0.15, 0.2) is 18.2 Å². The number of nitrogens with one attached hydrogen (secondary N) is 1. The Morgan fingerprint density at radius 3 is 2.80 bits per heavy atom. The number of primary amides is 1. The molecule has 2 saturated heterocycles. The fourth-order valence-corrected chi connectivity index (χ4v) is 3.33. The Hall–Kier alpha value is -2.81. The summed E-state index contributed by atoms with van der Waals surface area (Å²) in [4.78, 5) is 36.8. The van der Waals surface area contributed by atoms with E-state index in [4.69, 9.17) is 15.2 Å². The lowest BCUT2D eigenvalue weighted by molar-refractivity contribution is -0.149. The lowest BCUT2D eigenvalue weighted by Crippen LogP contribution is -2.41. The number of carboxylic acid groups (broad SMARTS) is 1. The van der Waals surface area contributed by atoms with Crippen molar-refractivity contribution in [1.29, 1.82) is 0 Å². The Morgan fingerprint density at radius 2 is 2.20 bits per heavy atom. The number of ether oxygens (including phenoxy) is 2. The van der Waals surface area contributed by atoms with Crippen molar-refractivity contribution in [3.63, 3.8) is 0 Å². The molecular formula is C16H19N3O6. The molecule has 0 unspecified atom stereocenters. The van der Waals surface area contributed by atoms with Crippen LogP contribution in [0.4, 0.5) is 10.5 Å². The maximum atomic E-state index is 12.5. The number of anilines is 1. The summed E-state index contributed by atoms with van der Waals surface area (Å²) in [6.07, 6.45) is 0. The second-order valence-corrected chi connectivity index (χ2v) is 6.26. The maximum absolute atomic E-state index is 12.5. The Labute approximate surface area is 143 Å². The van der Waals surface area contributed by atoms with Gasteiger partial charge in [0.25, 0.3) is 0 Å². The summed E-state index contributed by atoms with van der Waals surface area (Å²) in [5.74, 6) is -1.49. The number of fused-ring (bicyclic) bond motifs is 1. The molecule has 2 aliphatic heterocycles. The fraction of sp³-hybridized carbons (Fsp3) is 0.438. The van der Waals surface area contributed by atoms with E-state index in [0.717, 1.165) is 0 Å². The number of likely N-dealkylation sites (tertiary alicyclic amines) is 1. The van der Waals surface area contributed by atoms with E-state index >= 15 is 0 Å². The van der Waals surface area contributed by atoms with Crippen molar-refractivity contribution in [3.8, 4) is 5.75 Å². The summed E-state index contributed by atoms with van der Waals surface area (Å²) in [6, 6.07) is 4.00. The number of benzene rings is 1. The highest BCUT2D eigenvalue weighted by Gasteiger charge is 2.57. The van der Waals surface area contributed by atoms with Crippen LogP contribution in [0.2, 0.25) is 0 Å². The van der Waals surface area contributed by atoms with Crippen molar-refractivity contribution in [2.24, 2.45) is 17.1 Å². The fourth-order valence-electron chi connectivity index (χ4n) is 3.33. The second-order valence-electron chi connectivity index (χ2n) is 6.26. The topological polar surface area (TPSA) is 131 Å². The largest absolute Gasteiger partial charge is 0.495 e. The van der Waals surface area contributed by atoms with E-state index in [9.17, 15) is 19.5 Å². The third-order valence-electron chi connectivity index (χ3n) is 4.81. The molecule has 9 nitrogen and oxygen atoms in total. The number of carbonyl (C=O) groups excluding carboxylic acids is 2. The molecule has 134 valence electrons. The first-order valence-electron chi connectivity index (χ1n) is 7.72. The van der Waals surface area contributed by atoms with Crippen LogP contribution < -0.4 is 15.8 Å². The van der Waals surface area contributed by atoms with Crippen LogP contribution in [0.25, 0.3) is 0 Å². The Kier molecular flexibility index (Phi) is 4.25. The third kappa shape index (κ3) is 2.86. The molecule has 2 atom stereocenters. The molecule has 4 N–H and O–H groups in total. The van der Waals surface area contributed by atoms with Gasteiger partial charge in [0.2, 0.25) is 5.91 Å². The predicted molar refractivity (Wildman–Crippen MR) is 86.5 cm³/mol. The van der Waals surface area contributed by atoms with E-state index in [0.29, 0.717) is 24.6 Å². The zero-order chi connectivity index (χ0) is 18.2. The third-order valence-corrected chi connectivity index (χ3v) is 4.81. The van der Waals surface area contributed by atoms with Gasteiger partial charge in [-0.3, -0.25) is 9.59 Å². The number of rotatable bonds is 4. The van der Waals surface area contributed by atoms with Crippen LogP contribution >= 0.6 is 0 Å². The zero-order valence-corrected chi connectivity index (χ0v) is 13.7. The second kappa shape index (κ2) is 6.25. The Balaban J connectivity index is 1.75. The quantitative estimate of drug-likeness (QED) is 0.719. The first kappa shape index (κ1) is 17.0. The van der Waals surface area contributed by atoms with E-state index in [1.165, 1.54) is 30.2 Å². The van der Waals surface area contributed by atoms with Gasteiger partial charge in [-0.15, -0.1) is 0 Å². The summed E-state index contributed by atoms with van der Waals surface area (Å²) in [5, 5.41) is 12.2. The molecule has 2 fully saturated rings. The van der Waals surface area contributed by atoms with E-state index < -0.39 is 23.3 Å². The van der Waals surface area contributed by atoms with Gasteiger partial charge in [-0.2, -0.15) is 0 Å². The summed E-state index contributed by atoms with van der Waals surface area (Å²) >= 11 is 0. The molecule has 0 bridgehead atoms. The predicted octanol–water partition coefficient (Wildman–Crippen LogP) is 0.359. The summed E-state index contributed by atoms with van der Waals surface area (Å²) in [7, 11) is 1.41. The number of methoxy groups -OCH3 is 1. The molecular weight excluding hydrogens is 330 g/mol. The molecule has 2 heterocycles. The summed E-state index contributed by atoms with van der Waals surface area (Å²) < 4.78 is 10.5. The smallest absolute Gasteiger partial charge is 0.321 e. The van der Waals surface area contributed by atoms with Crippen LogP contribution in [0.5, 0.6) is 5.75 Å². The van der Waals surface area contributed by atoms with Gasteiger partial charge in [0.15, 0.2) is 0 Å². The van der Waals surface area contributed by atoms with Crippen molar-refractivity contribution >= 4 is 23.6 Å². The molecule has 1 aromatic carbocycles. The number of nitrogens with two attached hydrogens (primary N) is 1. The van der Waals surface area contributed by atoms with Gasteiger partial charge in [0.05, 0.1) is 26.0 Å². The average Bonchev–Trinajstić information content (AvgIpc) is 3.13. The van der Waals surface area contributed by atoms with Gasteiger partial charge >= 0.3 is 12.0 Å². The van der Waals surface area contributed by atoms with Gasteiger partial charge in [-0.25, -0.2) is 4.79 Å². The molecule has 0 spiro atoms. The molecule has 9 heteroatoms. The normalized spacial score (nSPS) is 24.7. The van der Waals surface area contributed by atoms with Crippen molar-refractivity contribution in [1.82, 2.24) is 4.90 Å². The number of nitrogens with zero attached hydrogens (tertiary/aromatic N) is 1. The van der Waals surface area contributed by atoms with Crippen molar-refractivity contribution < 1.29 is 29.0 Å². The first-order chi connectivity index (χ1) is 11.9. The summed E-state index contributed by atoms with van der Waals surface area (Å²) in [6.45, 7) is 0.820. The first-order valence-corrected chi connectivity index (χ1v) is 7.72. The molecule has 2 aliphatic rings. The highest BCUT2D eigenvalue weighted by Crippen LogP contribution is 2.41. The van der Waals surface area contributed by atoms with Gasteiger partial charge in [-0.05, 0) is 18.2 Å². The van der Waals surface area contributed by atoms with E-state index in [2.05, 4.69) is 5.32 Å². The number of carboxylic acids is 1. The van der Waals surface area contributed by atoms with E-state index in [1.807, 2.05) is 0 Å². The van der Waals surface area contributed by atoms with Crippen LogP contribution in [0.1, 0.15) is 10.4 Å². The molecule has 3 rings (SSSR count). The lowest BCUT2D eigenvalue weighted by atomic mass is 9.81. The van der Waals surface area contributed by atoms with Crippen molar-refractivity contribution in [2.75, 3.05) is 38.7 Å². The van der Waals surface area contributed by atoms with Crippen molar-refractivity contribution in [3.05, 3.63) is 23.8 Å². The lowest BCUT2D eigenvalue weighted by Gasteiger charge is -2.22. The molecule has 25 heavy (non-hydrogen) atoms. The highest BCUT2D eigenvalue weighted by molar-refractivity contribution is 5.96. The number of urea groups is 1. The number of hydrogen-bond donors (Lipinski definition) is 3. The van der Waals surface area contributed by atoms with Crippen LogP contribution in [-0.2, 0) is 9.53 Å². The van der Waals surface area contributed by atoms with Gasteiger partial charge in [0.1, 0.15) is 11.2 Å². The SMILES string of the molecule is COc1cc(C(N)=O)ccc1NC(=O)N1C[C@@H]2COC[C@]2(C(=O)O)C1. The average molecular weight is 349 g/mol. The van der Waals surface area contributed by atoms with E-state index in [1.54, 1.807) is 0 Å². The maximum Gasteiger partial charge on any atom is 0.321 e. The minimum absolute atomic E-state index is 0.0838. The molecule has 1 aromatic rings. The van der Waals surface area contributed by atoms with E-state index in [-0.39, 0.29) is 24.6 Å². The minimum Gasteiger partial charge on any atom is -0.495 e. The highest BCUT2D eigenvalue weighted by atomic mass is 16.5. The Morgan fingerprint density at radius 1 is 1.44 bits per heavy atom. The summed E-state index contributed by atoms with van der Waals surface area (Å²) in [5.41, 5.74) is 4.81. The molecule has 0 aliphatic carbocycles. The zero-order valence-electron chi connectivity index (χ0n) is 13.7. The van der Waals surface area contributed by atoms with Crippen LogP contribution in [0, 0.1) is 11.3 Å². The van der Waals surface area contributed by atoms with Gasteiger partial charge in [0, 0.05) is 24.6 Å². The number of carbonyl (C=O) groups is 3. The standard InChI is InChI=1S/C16H19N3O6/c1-24-12-4-9(13(17)20)2-3-11(12)18-15(23)19-5-10-6-25-8-16(10,7-19)14(21)22/h2-4,10H,5-8H2,1H3,(H2,17,20)(H,18,23)(H,21,22)/t10-,16-/m1/s1. The molecule has 3 amide bonds. The monoisotopic (exact) mass is 349 g/mol. The molecule has 0 saturated carbocycles. The van der Waals surface area contributed by atoms with Crippen LogP contribution in [0.3, 0.4) is 0 Å². The number of hydrogen-bond acceptors (Lipinski definition) is 5. The molecule has 0 aromatic heterocycles. The van der Waals surface area contributed by atoms with Gasteiger partial charge in [-0.1, -0.05) is 0 Å². The van der Waals surface area contributed by atoms with Crippen LogP contribution in [-0.4, -0.2) is 61.3 Å². The molecule has 0 radical (unpaired) electrons. The number of amides is 3. The minimum atomic E-state index is -1.04. The Bertz CT molecular complexity index is 737. The number of aliphatic carboxylic acids is 1.